The summed E-state index contributed by atoms with van der Waals surface area (Å²) in [7, 11) is 0. The molecule has 0 aliphatic rings. The average Bonchev–Trinajstić information content (AvgIpc) is 2.67. The number of carbonyl (C=O) groups is 1. The molecule has 5 heteroatoms. The van der Waals surface area contributed by atoms with Gasteiger partial charge in [0.2, 0.25) is 0 Å². The molecule has 0 fully saturated rings. The zero-order chi connectivity index (χ0) is 16.6. The van der Waals surface area contributed by atoms with E-state index in [1.54, 1.807) is 24.8 Å². The van der Waals surface area contributed by atoms with Crippen LogP contribution < -0.4 is 10.6 Å². The fourth-order valence-corrected chi connectivity index (χ4v) is 2.43. The fourth-order valence-electron chi connectivity index (χ4n) is 2.43. The third kappa shape index (κ3) is 4.16. The molecular weight excluding hydrogens is 300 g/mol. The molecule has 2 amide bonds. The third-order valence-electron chi connectivity index (χ3n) is 3.62. The third-order valence-corrected chi connectivity index (χ3v) is 3.62. The first-order chi connectivity index (χ1) is 11.8. The molecule has 0 saturated heterocycles. The van der Waals surface area contributed by atoms with Gasteiger partial charge in [0.05, 0.1) is 6.04 Å². The molecule has 1 unspecified atom stereocenters. The largest absolute Gasteiger partial charge is 0.334 e. The van der Waals surface area contributed by atoms with Crippen LogP contribution in [0.4, 0.5) is 4.79 Å². The predicted octanol–water partition coefficient (Wildman–Crippen LogP) is 3.07. The number of hydrogen-bond acceptors (Lipinski definition) is 3. The second kappa shape index (κ2) is 7.87. The van der Waals surface area contributed by atoms with Gasteiger partial charge in [0, 0.05) is 31.3 Å². The van der Waals surface area contributed by atoms with Crippen LogP contribution in [0.25, 0.3) is 0 Å². The van der Waals surface area contributed by atoms with Gasteiger partial charge in [0.25, 0.3) is 0 Å². The molecular formula is C19H18N4O. The van der Waals surface area contributed by atoms with Gasteiger partial charge in [-0.05, 0) is 34.9 Å². The van der Waals surface area contributed by atoms with Gasteiger partial charge in [0.15, 0.2) is 0 Å². The van der Waals surface area contributed by atoms with Gasteiger partial charge in [-0.1, -0.05) is 36.4 Å². The van der Waals surface area contributed by atoms with Crippen LogP contribution in [0.2, 0.25) is 0 Å². The minimum atomic E-state index is -0.233. The van der Waals surface area contributed by atoms with Crippen molar-refractivity contribution < 1.29 is 4.79 Å². The van der Waals surface area contributed by atoms with Gasteiger partial charge < -0.3 is 10.6 Å². The predicted molar refractivity (Wildman–Crippen MR) is 92.1 cm³/mol. The topological polar surface area (TPSA) is 66.9 Å². The monoisotopic (exact) mass is 318 g/mol. The smallest absolute Gasteiger partial charge is 0.315 e. The summed E-state index contributed by atoms with van der Waals surface area (Å²) in [5, 5.41) is 5.88. The van der Waals surface area contributed by atoms with E-state index in [1.165, 1.54) is 0 Å². The van der Waals surface area contributed by atoms with Gasteiger partial charge in [-0.2, -0.15) is 0 Å². The highest BCUT2D eigenvalue weighted by molar-refractivity contribution is 5.75. The van der Waals surface area contributed by atoms with E-state index in [0.29, 0.717) is 6.54 Å². The summed E-state index contributed by atoms with van der Waals surface area (Å²) in [4.78, 5) is 20.4. The van der Waals surface area contributed by atoms with E-state index in [1.807, 2.05) is 54.6 Å². The SMILES string of the molecule is O=C(NCc1cccnc1)NC(c1ccccc1)c1ccncc1. The minimum absolute atomic E-state index is 0.232. The quantitative estimate of drug-likeness (QED) is 0.760. The van der Waals surface area contributed by atoms with Crippen molar-refractivity contribution in [2.24, 2.45) is 0 Å². The molecule has 0 saturated carbocycles. The molecule has 0 aliphatic carbocycles. The van der Waals surface area contributed by atoms with Crippen molar-refractivity contribution in [1.29, 1.82) is 0 Å². The van der Waals surface area contributed by atoms with E-state index < -0.39 is 0 Å². The first-order valence-corrected chi connectivity index (χ1v) is 7.71. The molecule has 0 radical (unpaired) electrons. The van der Waals surface area contributed by atoms with Crippen LogP contribution in [0.3, 0.4) is 0 Å². The van der Waals surface area contributed by atoms with Crippen LogP contribution in [-0.4, -0.2) is 16.0 Å². The van der Waals surface area contributed by atoms with Gasteiger partial charge in [-0.25, -0.2) is 4.79 Å². The molecule has 2 aromatic heterocycles. The van der Waals surface area contributed by atoms with Crippen LogP contribution in [-0.2, 0) is 6.54 Å². The molecule has 120 valence electrons. The molecule has 1 atom stereocenters. The van der Waals surface area contributed by atoms with Crippen molar-refractivity contribution in [3.8, 4) is 0 Å². The van der Waals surface area contributed by atoms with Crippen molar-refractivity contribution in [3.63, 3.8) is 0 Å². The average molecular weight is 318 g/mol. The minimum Gasteiger partial charge on any atom is -0.334 e. The van der Waals surface area contributed by atoms with Crippen molar-refractivity contribution in [3.05, 3.63) is 96.1 Å². The maximum absolute atomic E-state index is 12.3. The Morgan fingerprint density at radius 1 is 0.875 bits per heavy atom. The lowest BCUT2D eigenvalue weighted by atomic mass is 10.00. The number of urea groups is 1. The van der Waals surface area contributed by atoms with Crippen LogP contribution in [0, 0.1) is 0 Å². The second-order valence-corrected chi connectivity index (χ2v) is 5.31. The fraction of sp³-hybridized carbons (Fsp3) is 0.105. The number of carbonyl (C=O) groups excluding carboxylic acids is 1. The van der Waals surface area contributed by atoms with Crippen molar-refractivity contribution in [1.82, 2.24) is 20.6 Å². The normalized spacial score (nSPS) is 11.5. The van der Waals surface area contributed by atoms with Crippen molar-refractivity contribution in [2.75, 3.05) is 0 Å². The molecule has 5 nitrogen and oxygen atoms in total. The molecule has 24 heavy (non-hydrogen) atoms. The number of nitrogens with one attached hydrogen (secondary N) is 2. The summed E-state index contributed by atoms with van der Waals surface area (Å²) in [5.74, 6) is 0. The Morgan fingerprint density at radius 3 is 2.33 bits per heavy atom. The van der Waals surface area contributed by atoms with Crippen LogP contribution in [0.1, 0.15) is 22.7 Å². The standard InChI is InChI=1S/C19H18N4O/c24-19(22-14-15-5-4-10-21-13-15)23-18(16-6-2-1-3-7-16)17-8-11-20-12-9-17/h1-13,18H,14H2,(H2,22,23,24). The molecule has 0 aliphatic heterocycles. The Hall–Kier alpha value is -3.21. The zero-order valence-electron chi connectivity index (χ0n) is 13.1. The number of rotatable bonds is 5. The Balaban J connectivity index is 1.71. The van der Waals surface area contributed by atoms with Crippen molar-refractivity contribution in [2.45, 2.75) is 12.6 Å². The van der Waals surface area contributed by atoms with Crippen LogP contribution >= 0.6 is 0 Å². The van der Waals surface area contributed by atoms with E-state index >= 15 is 0 Å². The Morgan fingerprint density at radius 2 is 1.62 bits per heavy atom. The van der Waals surface area contributed by atoms with Crippen LogP contribution in [0.15, 0.2) is 79.4 Å². The lowest BCUT2D eigenvalue weighted by molar-refractivity contribution is 0.238. The van der Waals surface area contributed by atoms with E-state index in [4.69, 9.17) is 0 Å². The molecule has 1 aromatic carbocycles. The van der Waals surface area contributed by atoms with Gasteiger partial charge in [0.1, 0.15) is 0 Å². The number of nitrogens with zero attached hydrogens (tertiary/aromatic N) is 2. The van der Waals surface area contributed by atoms with Gasteiger partial charge in [-0.15, -0.1) is 0 Å². The van der Waals surface area contributed by atoms with E-state index in [-0.39, 0.29) is 12.1 Å². The summed E-state index contributed by atoms with van der Waals surface area (Å²) in [5.41, 5.74) is 2.95. The molecule has 0 bridgehead atoms. The van der Waals surface area contributed by atoms with E-state index in [2.05, 4.69) is 20.6 Å². The highest BCUT2D eigenvalue weighted by Gasteiger charge is 2.16. The number of pyridine rings is 2. The second-order valence-electron chi connectivity index (χ2n) is 5.31. The lowest BCUT2D eigenvalue weighted by Gasteiger charge is -2.20. The van der Waals surface area contributed by atoms with Gasteiger partial charge >= 0.3 is 6.03 Å². The lowest BCUT2D eigenvalue weighted by Crippen LogP contribution is -2.38. The Kier molecular flexibility index (Phi) is 5.14. The highest BCUT2D eigenvalue weighted by Crippen LogP contribution is 2.21. The molecule has 3 rings (SSSR count). The number of hydrogen-bond donors (Lipinski definition) is 2. The summed E-state index contributed by atoms with van der Waals surface area (Å²) >= 11 is 0. The van der Waals surface area contributed by atoms with E-state index in [9.17, 15) is 4.79 Å². The summed E-state index contributed by atoms with van der Waals surface area (Å²) in [6, 6.07) is 17.0. The Labute approximate surface area is 140 Å². The molecule has 0 spiro atoms. The molecule has 2 N–H and O–H groups in total. The maximum atomic E-state index is 12.3. The summed E-state index contributed by atoms with van der Waals surface area (Å²) in [6.45, 7) is 0.428. The summed E-state index contributed by atoms with van der Waals surface area (Å²) in [6.07, 6.45) is 6.89. The summed E-state index contributed by atoms with van der Waals surface area (Å²) < 4.78 is 0. The Bertz CT molecular complexity index is 724. The molecule has 3 aromatic rings. The first-order valence-electron chi connectivity index (χ1n) is 7.71. The first kappa shape index (κ1) is 15.7. The molecule has 2 heterocycles. The zero-order valence-corrected chi connectivity index (χ0v) is 13.1. The number of amides is 2. The van der Waals surface area contributed by atoms with Crippen molar-refractivity contribution >= 4 is 6.03 Å². The number of benzene rings is 1. The van der Waals surface area contributed by atoms with Crippen LogP contribution in [0.5, 0.6) is 0 Å². The van der Waals surface area contributed by atoms with Gasteiger partial charge in [-0.3, -0.25) is 9.97 Å². The highest BCUT2D eigenvalue weighted by atomic mass is 16.2. The maximum Gasteiger partial charge on any atom is 0.315 e. The van der Waals surface area contributed by atoms with E-state index in [0.717, 1.165) is 16.7 Å². The number of aromatic nitrogens is 2.